The Morgan fingerprint density at radius 2 is 2.32 bits per heavy atom. The number of halogens is 2. The van der Waals surface area contributed by atoms with E-state index in [1.807, 2.05) is 13.0 Å². The van der Waals surface area contributed by atoms with Gasteiger partial charge in [-0.1, -0.05) is 0 Å². The smallest absolute Gasteiger partial charge is 0.253 e. The Labute approximate surface area is 126 Å². The number of rotatable bonds is 4. The van der Waals surface area contributed by atoms with Crippen molar-refractivity contribution in [2.75, 3.05) is 13.1 Å². The first-order valence-electron chi connectivity index (χ1n) is 6.20. The van der Waals surface area contributed by atoms with E-state index < -0.39 is 0 Å². The number of amides is 1. The van der Waals surface area contributed by atoms with Crippen LogP contribution in [0.2, 0.25) is 0 Å². The van der Waals surface area contributed by atoms with E-state index in [4.69, 9.17) is 0 Å². The van der Waals surface area contributed by atoms with Crippen molar-refractivity contribution >= 4 is 30.7 Å². The summed E-state index contributed by atoms with van der Waals surface area (Å²) in [5.74, 6) is -0.0198. The van der Waals surface area contributed by atoms with Gasteiger partial charge in [-0.05, 0) is 44.9 Å². The third-order valence-electron chi connectivity index (χ3n) is 3.19. The minimum absolute atomic E-state index is 0. The van der Waals surface area contributed by atoms with Crippen LogP contribution in [0.15, 0.2) is 18.3 Å². The molecule has 19 heavy (non-hydrogen) atoms. The van der Waals surface area contributed by atoms with Gasteiger partial charge in [0.15, 0.2) is 0 Å². The number of hydrogen-bond donors (Lipinski definition) is 2. The van der Waals surface area contributed by atoms with E-state index in [0.717, 1.165) is 25.2 Å². The molecule has 4 nitrogen and oxygen atoms in total. The van der Waals surface area contributed by atoms with Crippen molar-refractivity contribution in [1.82, 2.24) is 15.6 Å². The SMILES string of the molecule is Cc1ncccc1C(=O)NCC[C@H]1CCCN1.Cl.Cl. The van der Waals surface area contributed by atoms with Crippen LogP contribution in [0, 0.1) is 6.92 Å². The van der Waals surface area contributed by atoms with Gasteiger partial charge in [0.2, 0.25) is 0 Å². The quantitative estimate of drug-likeness (QED) is 0.896. The van der Waals surface area contributed by atoms with Crippen LogP contribution in [0.3, 0.4) is 0 Å². The van der Waals surface area contributed by atoms with Gasteiger partial charge in [0.1, 0.15) is 0 Å². The lowest BCUT2D eigenvalue weighted by molar-refractivity contribution is 0.0951. The molecule has 0 unspecified atom stereocenters. The molecule has 6 heteroatoms. The molecular formula is C13H21Cl2N3O. The molecule has 0 aromatic carbocycles. The second-order valence-electron chi connectivity index (χ2n) is 4.47. The summed E-state index contributed by atoms with van der Waals surface area (Å²) in [5, 5.41) is 6.37. The molecule has 1 aliphatic heterocycles. The molecule has 1 aromatic heterocycles. The molecule has 1 atom stereocenters. The van der Waals surface area contributed by atoms with Crippen LogP contribution < -0.4 is 10.6 Å². The lowest BCUT2D eigenvalue weighted by Gasteiger charge is -2.11. The Balaban J connectivity index is 0.00000162. The van der Waals surface area contributed by atoms with Gasteiger partial charge in [0.25, 0.3) is 5.91 Å². The number of nitrogens with one attached hydrogen (secondary N) is 2. The molecule has 0 bridgehead atoms. The Morgan fingerprint density at radius 3 is 2.95 bits per heavy atom. The first-order chi connectivity index (χ1) is 8.27. The predicted octanol–water partition coefficient (Wildman–Crippen LogP) is 2.11. The molecule has 1 amide bonds. The van der Waals surface area contributed by atoms with E-state index in [0.29, 0.717) is 11.6 Å². The summed E-state index contributed by atoms with van der Waals surface area (Å²) < 4.78 is 0. The van der Waals surface area contributed by atoms with Crippen LogP contribution >= 0.6 is 24.8 Å². The summed E-state index contributed by atoms with van der Waals surface area (Å²) >= 11 is 0. The maximum atomic E-state index is 11.9. The fraction of sp³-hybridized carbons (Fsp3) is 0.538. The largest absolute Gasteiger partial charge is 0.352 e. The number of carbonyl (C=O) groups is 1. The summed E-state index contributed by atoms with van der Waals surface area (Å²) in [5.41, 5.74) is 1.45. The highest BCUT2D eigenvalue weighted by atomic mass is 35.5. The van der Waals surface area contributed by atoms with Gasteiger partial charge in [-0.2, -0.15) is 0 Å². The van der Waals surface area contributed by atoms with Crippen molar-refractivity contribution in [3.8, 4) is 0 Å². The Hall–Kier alpha value is -0.840. The molecule has 2 heterocycles. The zero-order valence-electron chi connectivity index (χ0n) is 11.0. The first-order valence-corrected chi connectivity index (χ1v) is 6.20. The number of aromatic nitrogens is 1. The van der Waals surface area contributed by atoms with E-state index >= 15 is 0 Å². The predicted molar refractivity (Wildman–Crippen MR) is 81.4 cm³/mol. The van der Waals surface area contributed by atoms with Crippen LogP contribution in [-0.4, -0.2) is 30.0 Å². The molecule has 1 saturated heterocycles. The van der Waals surface area contributed by atoms with Gasteiger partial charge in [-0.3, -0.25) is 9.78 Å². The number of pyridine rings is 1. The Kier molecular flexibility index (Phi) is 8.72. The highest BCUT2D eigenvalue weighted by Crippen LogP contribution is 2.08. The fourth-order valence-corrected chi connectivity index (χ4v) is 2.18. The molecule has 0 radical (unpaired) electrons. The third-order valence-corrected chi connectivity index (χ3v) is 3.19. The summed E-state index contributed by atoms with van der Waals surface area (Å²) in [6, 6.07) is 4.18. The average molecular weight is 306 g/mol. The van der Waals surface area contributed by atoms with Crippen molar-refractivity contribution < 1.29 is 4.79 Å². The molecule has 1 aromatic rings. The highest BCUT2D eigenvalue weighted by Gasteiger charge is 2.14. The number of aryl methyl sites for hydroxylation is 1. The van der Waals surface area contributed by atoms with E-state index in [1.54, 1.807) is 12.3 Å². The Bertz CT molecular complexity index is 395. The molecule has 0 saturated carbocycles. The van der Waals surface area contributed by atoms with E-state index in [2.05, 4.69) is 15.6 Å². The lowest BCUT2D eigenvalue weighted by Crippen LogP contribution is -2.31. The lowest BCUT2D eigenvalue weighted by atomic mass is 10.1. The summed E-state index contributed by atoms with van der Waals surface area (Å²) in [6.45, 7) is 3.69. The third kappa shape index (κ3) is 5.35. The minimum Gasteiger partial charge on any atom is -0.352 e. The highest BCUT2D eigenvalue weighted by molar-refractivity contribution is 5.95. The summed E-state index contributed by atoms with van der Waals surface area (Å²) in [6.07, 6.45) is 5.18. The van der Waals surface area contributed by atoms with Gasteiger partial charge in [-0.15, -0.1) is 24.8 Å². The van der Waals surface area contributed by atoms with Crippen LogP contribution in [-0.2, 0) is 0 Å². The van der Waals surface area contributed by atoms with Gasteiger partial charge in [0, 0.05) is 24.5 Å². The van der Waals surface area contributed by atoms with Crippen molar-refractivity contribution in [2.24, 2.45) is 0 Å². The van der Waals surface area contributed by atoms with Crippen LogP contribution in [0.5, 0.6) is 0 Å². The molecular weight excluding hydrogens is 285 g/mol. The maximum Gasteiger partial charge on any atom is 0.253 e. The van der Waals surface area contributed by atoms with E-state index in [-0.39, 0.29) is 30.7 Å². The first kappa shape index (κ1) is 18.2. The summed E-state index contributed by atoms with van der Waals surface area (Å²) in [4.78, 5) is 16.0. The topological polar surface area (TPSA) is 54.0 Å². The van der Waals surface area contributed by atoms with Crippen LogP contribution in [0.25, 0.3) is 0 Å². The van der Waals surface area contributed by atoms with Crippen LogP contribution in [0.4, 0.5) is 0 Å². The molecule has 2 N–H and O–H groups in total. The second kappa shape index (κ2) is 9.13. The van der Waals surface area contributed by atoms with Crippen LogP contribution in [0.1, 0.15) is 35.3 Å². The number of carbonyl (C=O) groups excluding carboxylic acids is 1. The molecule has 108 valence electrons. The van der Waals surface area contributed by atoms with Crippen molar-refractivity contribution in [2.45, 2.75) is 32.2 Å². The fourth-order valence-electron chi connectivity index (χ4n) is 2.18. The van der Waals surface area contributed by atoms with Crippen molar-refractivity contribution in [1.29, 1.82) is 0 Å². The monoisotopic (exact) mass is 305 g/mol. The molecule has 0 spiro atoms. The zero-order chi connectivity index (χ0) is 12.1. The van der Waals surface area contributed by atoms with Gasteiger partial charge in [0.05, 0.1) is 5.56 Å². The van der Waals surface area contributed by atoms with Crippen molar-refractivity contribution in [3.63, 3.8) is 0 Å². The second-order valence-corrected chi connectivity index (χ2v) is 4.47. The average Bonchev–Trinajstić information content (AvgIpc) is 2.82. The van der Waals surface area contributed by atoms with Gasteiger partial charge in [-0.25, -0.2) is 0 Å². The van der Waals surface area contributed by atoms with E-state index in [9.17, 15) is 4.79 Å². The number of hydrogen-bond acceptors (Lipinski definition) is 3. The van der Waals surface area contributed by atoms with E-state index in [1.165, 1.54) is 12.8 Å². The molecule has 0 aliphatic carbocycles. The normalized spacial score (nSPS) is 17.2. The zero-order valence-corrected chi connectivity index (χ0v) is 12.6. The Morgan fingerprint density at radius 1 is 1.53 bits per heavy atom. The minimum atomic E-state index is -0.0198. The van der Waals surface area contributed by atoms with Crippen molar-refractivity contribution in [3.05, 3.63) is 29.6 Å². The maximum absolute atomic E-state index is 11.9. The summed E-state index contributed by atoms with van der Waals surface area (Å²) in [7, 11) is 0. The molecule has 2 rings (SSSR count). The molecule has 1 aliphatic rings. The standard InChI is InChI=1S/C13H19N3O.2ClH/c1-10-12(5-3-7-14-10)13(17)16-9-6-11-4-2-8-15-11;;/h3,5,7,11,15H,2,4,6,8-9H2,1H3,(H,16,17);2*1H/t11-;;/m1../s1. The van der Waals surface area contributed by atoms with Gasteiger partial charge >= 0.3 is 0 Å². The van der Waals surface area contributed by atoms with Gasteiger partial charge < -0.3 is 10.6 Å². The molecule has 1 fully saturated rings. The number of nitrogens with zero attached hydrogens (tertiary/aromatic N) is 1.